The lowest BCUT2D eigenvalue weighted by atomic mass is 10.0. The smallest absolute Gasteiger partial charge is 0.0580 e. The molecule has 0 radical (unpaired) electrons. The van der Waals surface area contributed by atoms with Crippen molar-refractivity contribution in [3.8, 4) is 0 Å². The molecule has 1 nitrogen and oxygen atoms in total. The Hall–Kier alpha value is -0.530. The van der Waals surface area contributed by atoms with E-state index in [4.69, 9.17) is 11.6 Å². The number of benzene rings is 1. The Bertz CT molecular complexity index is 325. The highest BCUT2D eigenvalue weighted by Crippen LogP contribution is 2.15. The Morgan fingerprint density at radius 2 is 1.83 bits per heavy atom. The molecule has 0 aliphatic rings. The Morgan fingerprint density at radius 3 is 2.56 bits per heavy atom. The molecule has 1 rings (SSSR count). The second kappa shape index (κ2) is 9.41. The Labute approximate surface area is 116 Å². The summed E-state index contributed by atoms with van der Waals surface area (Å²) in [4.78, 5) is 0. The highest BCUT2D eigenvalue weighted by molar-refractivity contribution is 6.30. The third-order valence-electron chi connectivity index (χ3n) is 3.25. The standard InChI is InChI=1S/C16H25ClO/c1-2-3-4-5-6-7-11-16(18)13-14-9-8-10-15(17)12-14/h8-10,12,16,18H,2-7,11,13H2,1H3. The summed E-state index contributed by atoms with van der Waals surface area (Å²) in [7, 11) is 0. The van der Waals surface area contributed by atoms with Gasteiger partial charge in [-0.2, -0.15) is 0 Å². The molecule has 0 bridgehead atoms. The lowest BCUT2D eigenvalue weighted by molar-refractivity contribution is 0.161. The van der Waals surface area contributed by atoms with Crippen LogP contribution < -0.4 is 0 Å². The zero-order chi connectivity index (χ0) is 13.2. The van der Waals surface area contributed by atoms with Crippen molar-refractivity contribution in [3.63, 3.8) is 0 Å². The van der Waals surface area contributed by atoms with Crippen LogP contribution in [0.1, 0.15) is 57.4 Å². The highest BCUT2D eigenvalue weighted by atomic mass is 35.5. The summed E-state index contributed by atoms with van der Waals surface area (Å²) in [6, 6.07) is 7.77. The van der Waals surface area contributed by atoms with Crippen molar-refractivity contribution in [1.29, 1.82) is 0 Å². The fourth-order valence-corrected chi connectivity index (χ4v) is 2.41. The van der Waals surface area contributed by atoms with Gasteiger partial charge in [0, 0.05) is 5.02 Å². The summed E-state index contributed by atoms with van der Waals surface area (Å²) in [6.45, 7) is 2.23. The van der Waals surface area contributed by atoms with Crippen LogP contribution in [0.15, 0.2) is 24.3 Å². The van der Waals surface area contributed by atoms with Crippen molar-refractivity contribution >= 4 is 11.6 Å². The second-order valence-corrected chi connectivity index (χ2v) is 5.48. The van der Waals surface area contributed by atoms with Gasteiger partial charge in [0.1, 0.15) is 0 Å². The number of rotatable bonds is 9. The summed E-state index contributed by atoms with van der Waals surface area (Å²) in [5.74, 6) is 0. The molecule has 0 heterocycles. The average Bonchev–Trinajstić information content (AvgIpc) is 2.33. The van der Waals surface area contributed by atoms with E-state index in [0.717, 1.165) is 29.8 Å². The molecular weight excluding hydrogens is 244 g/mol. The Balaban J connectivity index is 2.12. The quantitative estimate of drug-likeness (QED) is 0.625. The van der Waals surface area contributed by atoms with E-state index < -0.39 is 0 Å². The molecule has 1 aromatic rings. The minimum absolute atomic E-state index is 0.227. The van der Waals surface area contributed by atoms with E-state index in [1.807, 2.05) is 24.3 Å². The predicted molar refractivity (Wildman–Crippen MR) is 79.2 cm³/mol. The van der Waals surface area contributed by atoms with Crippen LogP contribution in [0.25, 0.3) is 0 Å². The molecule has 1 N–H and O–H groups in total. The third-order valence-corrected chi connectivity index (χ3v) is 3.49. The van der Waals surface area contributed by atoms with Crippen LogP contribution in [0, 0.1) is 0 Å². The van der Waals surface area contributed by atoms with Gasteiger partial charge in [-0.1, -0.05) is 69.2 Å². The molecule has 0 aliphatic heterocycles. The molecule has 0 saturated heterocycles. The van der Waals surface area contributed by atoms with Gasteiger partial charge >= 0.3 is 0 Å². The van der Waals surface area contributed by atoms with Crippen LogP contribution in [-0.4, -0.2) is 11.2 Å². The summed E-state index contributed by atoms with van der Waals surface area (Å²) < 4.78 is 0. The van der Waals surface area contributed by atoms with E-state index in [2.05, 4.69) is 6.92 Å². The van der Waals surface area contributed by atoms with Gasteiger partial charge in [0.25, 0.3) is 0 Å². The summed E-state index contributed by atoms with van der Waals surface area (Å²) in [5.41, 5.74) is 1.13. The van der Waals surface area contributed by atoms with E-state index in [-0.39, 0.29) is 6.10 Å². The van der Waals surface area contributed by atoms with Crippen molar-refractivity contribution in [2.75, 3.05) is 0 Å². The van der Waals surface area contributed by atoms with E-state index in [9.17, 15) is 5.11 Å². The molecule has 102 valence electrons. The van der Waals surface area contributed by atoms with Gasteiger partial charge in [0.15, 0.2) is 0 Å². The van der Waals surface area contributed by atoms with Gasteiger partial charge < -0.3 is 5.11 Å². The molecule has 1 aromatic carbocycles. The maximum Gasteiger partial charge on any atom is 0.0580 e. The maximum atomic E-state index is 9.95. The van der Waals surface area contributed by atoms with Crippen LogP contribution in [0.5, 0.6) is 0 Å². The molecule has 1 unspecified atom stereocenters. The van der Waals surface area contributed by atoms with Crippen LogP contribution in [0.4, 0.5) is 0 Å². The number of hydrogen-bond donors (Lipinski definition) is 1. The van der Waals surface area contributed by atoms with Gasteiger partial charge in [-0.15, -0.1) is 0 Å². The normalized spacial score (nSPS) is 12.6. The Morgan fingerprint density at radius 1 is 1.11 bits per heavy atom. The number of hydrogen-bond acceptors (Lipinski definition) is 1. The third kappa shape index (κ3) is 7.03. The SMILES string of the molecule is CCCCCCCCC(O)Cc1cccc(Cl)c1. The lowest BCUT2D eigenvalue weighted by Crippen LogP contribution is -2.10. The van der Waals surface area contributed by atoms with Crippen molar-refractivity contribution in [2.45, 2.75) is 64.4 Å². The monoisotopic (exact) mass is 268 g/mol. The maximum absolute atomic E-state index is 9.95. The van der Waals surface area contributed by atoms with Gasteiger partial charge in [0.2, 0.25) is 0 Å². The first kappa shape index (κ1) is 15.5. The van der Waals surface area contributed by atoms with Crippen molar-refractivity contribution in [2.24, 2.45) is 0 Å². The first-order valence-corrected chi connectivity index (χ1v) is 7.52. The molecular formula is C16H25ClO. The zero-order valence-corrected chi connectivity index (χ0v) is 12.1. The molecule has 18 heavy (non-hydrogen) atoms. The van der Waals surface area contributed by atoms with Crippen LogP contribution in [0.3, 0.4) is 0 Å². The van der Waals surface area contributed by atoms with Crippen molar-refractivity contribution in [3.05, 3.63) is 34.9 Å². The second-order valence-electron chi connectivity index (χ2n) is 5.04. The molecule has 0 amide bonds. The minimum Gasteiger partial charge on any atom is -0.393 e. The predicted octanol–water partition coefficient (Wildman–Crippen LogP) is 4.99. The highest BCUT2D eigenvalue weighted by Gasteiger charge is 2.05. The van der Waals surface area contributed by atoms with Crippen molar-refractivity contribution < 1.29 is 5.11 Å². The number of unbranched alkanes of at least 4 members (excludes halogenated alkanes) is 5. The zero-order valence-electron chi connectivity index (χ0n) is 11.4. The number of aliphatic hydroxyl groups excluding tert-OH is 1. The molecule has 0 aliphatic carbocycles. The Kier molecular flexibility index (Phi) is 8.11. The molecule has 0 saturated carbocycles. The summed E-state index contributed by atoms with van der Waals surface area (Å²) in [5, 5.41) is 10.7. The topological polar surface area (TPSA) is 20.2 Å². The van der Waals surface area contributed by atoms with Crippen molar-refractivity contribution in [1.82, 2.24) is 0 Å². The van der Waals surface area contributed by atoms with Crippen LogP contribution in [-0.2, 0) is 6.42 Å². The van der Waals surface area contributed by atoms with Gasteiger partial charge in [-0.3, -0.25) is 0 Å². The fraction of sp³-hybridized carbons (Fsp3) is 0.625. The molecule has 0 spiro atoms. The largest absolute Gasteiger partial charge is 0.393 e. The number of aliphatic hydroxyl groups is 1. The summed E-state index contributed by atoms with van der Waals surface area (Å²) >= 11 is 5.92. The van der Waals surface area contributed by atoms with Crippen LogP contribution >= 0.6 is 11.6 Å². The van der Waals surface area contributed by atoms with Gasteiger partial charge in [-0.05, 0) is 30.5 Å². The average molecular weight is 269 g/mol. The number of halogens is 1. The summed E-state index contributed by atoms with van der Waals surface area (Å²) in [6.07, 6.45) is 9.03. The van der Waals surface area contributed by atoms with E-state index in [0.29, 0.717) is 0 Å². The van der Waals surface area contributed by atoms with E-state index in [1.165, 1.54) is 32.1 Å². The first-order chi connectivity index (χ1) is 8.72. The minimum atomic E-state index is -0.227. The van der Waals surface area contributed by atoms with E-state index >= 15 is 0 Å². The molecule has 1 atom stereocenters. The molecule has 0 aromatic heterocycles. The first-order valence-electron chi connectivity index (χ1n) is 7.15. The molecule has 0 fully saturated rings. The molecule has 2 heteroatoms. The van der Waals surface area contributed by atoms with Crippen LogP contribution in [0.2, 0.25) is 5.02 Å². The van der Waals surface area contributed by atoms with Gasteiger partial charge in [0.05, 0.1) is 6.10 Å². The lowest BCUT2D eigenvalue weighted by Gasteiger charge is -2.10. The van der Waals surface area contributed by atoms with Gasteiger partial charge in [-0.25, -0.2) is 0 Å². The van der Waals surface area contributed by atoms with E-state index in [1.54, 1.807) is 0 Å². The fourth-order valence-electron chi connectivity index (χ4n) is 2.20.